The van der Waals surface area contributed by atoms with Gasteiger partial charge in [-0.15, -0.1) is 11.3 Å². The molecular formula is C13H19BrOS. The summed E-state index contributed by atoms with van der Waals surface area (Å²) in [6.07, 6.45) is 6.01. The van der Waals surface area contributed by atoms with Gasteiger partial charge < -0.3 is 5.11 Å². The normalized spacial score (nSPS) is 27.9. The number of hydrogen-bond donors (Lipinski definition) is 1. The summed E-state index contributed by atoms with van der Waals surface area (Å²) in [6.45, 7) is 2.28. The average molecular weight is 303 g/mol. The van der Waals surface area contributed by atoms with Crippen LogP contribution in [0.1, 0.15) is 50.7 Å². The molecule has 1 saturated carbocycles. The summed E-state index contributed by atoms with van der Waals surface area (Å²) in [4.78, 5) is 0. The van der Waals surface area contributed by atoms with E-state index in [0.29, 0.717) is 5.92 Å². The minimum absolute atomic E-state index is 0.250. The number of thiophene rings is 1. The molecule has 1 fully saturated rings. The Labute approximate surface area is 110 Å². The molecular weight excluding hydrogens is 284 g/mol. The minimum Gasteiger partial charge on any atom is -0.388 e. The molecule has 3 heteroatoms. The van der Waals surface area contributed by atoms with Crippen LogP contribution in [0.2, 0.25) is 0 Å². The molecule has 0 amide bonds. The van der Waals surface area contributed by atoms with Crippen LogP contribution in [0.4, 0.5) is 0 Å². The van der Waals surface area contributed by atoms with E-state index in [1.165, 1.54) is 32.1 Å². The van der Waals surface area contributed by atoms with Gasteiger partial charge in [0.15, 0.2) is 0 Å². The van der Waals surface area contributed by atoms with Crippen LogP contribution in [0.25, 0.3) is 0 Å². The van der Waals surface area contributed by atoms with Gasteiger partial charge in [-0.25, -0.2) is 0 Å². The lowest BCUT2D eigenvalue weighted by atomic mass is 9.77. The molecule has 0 bridgehead atoms. The van der Waals surface area contributed by atoms with E-state index < -0.39 is 0 Å². The van der Waals surface area contributed by atoms with Crippen LogP contribution < -0.4 is 0 Å². The predicted octanol–water partition coefficient (Wildman–Crippen LogP) is 4.76. The van der Waals surface area contributed by atoms with Crippen molar-refractivity contribution < 1.29 is 5.11 Å². The van der Waals surface area contributed by atoms with Gasteiger partial charge in [0.1, 0.15) is 0 Å². The first-order chi connectivity index (χ1) is 7.70. The zero-order valence-corrected chi connectivity index (χ0v) is 12.1. The SMILES string of the molecule is CCC1CCC(C(O)c2csc(Br)c2)CC1. The molecule has 1 nitrogen and oxygen atoms in total. The highest BCUT2D eigenvalue weighted by Crippen LogP contribution is 2.39. The summed E-state index contributed by atoms with van der Waals surface area (Å²) in [5.74, 6) is 1.38. The van der Waals surface area contributed by atoms with E-state index in [-0.39, 0.29) is 6.10 Å². The first-order valence-corrected chi connectivity index (χ1v) is 7.80. The van der Waals surface area contributed by atoms with Gasteiger partial charge >= 0.3 is 0 Å². The first kappa shape index (κ1) is 12.6. The Morgan fingerprint density at radius 2 is 2.12 bits per heavy atom. The molecule has 0 spiro atoms. The fourth-order valence-corrected chi connectivity index (χ4v) is 3.87. The van der Waals surface area contributed by atoms with E-state index >= 15 is 0 Å². The third-order valence-corrected chi connectivity index (χ3v) is 5.37. The number of rotatable bonds is 3. The monoisotopic (exact) mass is 302 g/mol. The fraction of sp³-hybridized carbons (Fsp3) is 0.692. The van der Waals surface area contributed by atoms with Gasteiger partial charge in [-0.05, 0) is 57.6 Å². The second-order valence-corrected chi connectivity index (χ2v) is 7.11. The van der Waals surface area contributed by atoms with Gasteiger partial charge in [0, 0.05) is 0 Å². The van der Waals surface area contributed by atoms with Crippen molar-refractivity contribution in [3.05, 3.63) is 20.8 Å². The topological polar surface area (TPSA) is 20.2 Å². The summed E-state index contributed by atoms with van der Waals surface area (Å²) in [6, 6.07) is 2.06. The van der Waals surface area contributed by atoms with Crippen molar-refractivity contribution in [2.45, 2.75) is 45.1 Å². The smallest absolute Gasteiger partial charge is 0.0826 e. The average Bonchev–Trinajstić information content (AvgIpc) is 2.75. The largest absolute Gasteiger partial charge is 0.388 e. The highest BCUT2D eigenvalue weighted by molar-refractivity contribution is 9.11. The Morgan fingerprint density at radius 3 is 2.62 bits per heavy atom. The highest BCUT2D eigenvalue weighted by Gasteiger charge is 2.27. The van der Waals surface area contributed by atoms with Crippen LogP contribution in [0.5, 0.6) is 0 Å². The Kier molecular flexibility index (Phi) is 4.45. The highest BCUT2D eigenvalue weighted by atomic mass is 79.9. The maximum atomic E-state index is 10.3. The van der Waals surface area contributed by atoms with Crippen molar-refractivity contribution in [3.8, 4) is 0 Å². The van der Waals surface area contributed by atoms with E-state index in [1.807, 2.05) is 0 Å². The van der Waals surface area contributed by atoms with Crippen molar-refractivity contribution in [2.24, 2.45) is 11.8 Å². The minimum atomic E-state index is -0.250. The van der Waals surface area contributed by atoms with Gasteiger partial charge in [-0.3, -0.25) is 0 Å². The van der Waals surface area contributed by atoms with Crippen molar-refractivity contribution in [1.29, 1.82) is 0 Å². The molecule has 1 unspecified atom stereocenters. The van der Waals surface area contributed by atoms with Crippen molar-refractivity contribution in [1.82, 2.24) is 0 Å². The lowest BCUT2D eigenvalue weighted by molar-refractivity contribution is 0.0732. The predicted molar refractivity (Wildman–Crippen MR) is 72.7 cm³/mol. The zero-order valence-electron chi connectivity index (χ0n) is 9.66. The Morgan fingerprint density at radius 1 is 1.44 bits per heavy atom. The quantitative estimate of drug-likeness (QED) is 0.853. The second kappa shape index (κ2) is 5.65. The van der Waals surface area contributed by atoms with Gasteiger partial charge in [0.05, 0.1) is 9.89 Å². The lowest BCUT2D eigenvalue weighted by Crippen LogP contribution is -2.19. The number of hydrogen-bond acceptors (Lipinski definition) is 2. The Hall–Kier alpha value is 0.140. The van der Waals surface area contributed by atoms with Crippen molar-refractivity contribution in [3.63, 3.8) is 0 Å². The molecule has 1 aromatic heterocycles. The molecule has 0 saturated heterocycles. The van der Waals surface area contributed by atoms with Gasteiger partial charge in [-0.2, -0.15) is 0 Å². The molecule has 0 radical (unpaired) electrons. The van der Waals surface area contributed by atoms with Crippen LogP contribution in [0.3, 0.4) is 0 Å². The molecule has 90 valence electrons. The van der Waals surface area contributed by atoms with Crippen molar-refractivity contribution >= 4 is 27.3 Å². The third-order valence-electron chi connectivity index (χ3n) is 3.84. The fourth-order valence-electron chi connectivity index (χ4n) is 2.66. The van der Waals surface area contributed by atoms with Crippen LogP contribution in [-0.4, -0.2) is 5.11 Å². The molecule has 0 aromatic carbocycles. The summed E-state index contributed by atoms with van der Waals surface area (Å²) in [5.41, 5.74) is 1.09. The maximum Gasteiger partial charge on any atom is 0.0826 e. The Bertz CT molecular complexity index is 328. The van der Waals surface area contributed by atoms with E-state index in [0.717, 1.165) is 15.3 Å². The lowest BCUT2D eigenvalue weighted by Gasteiger charge is -2.30. The van der Waals surface area contributed by atoms with Crippen LogP contribution in [-0.2, 0) is 0 Å². The maximum absolute atomic E-state index is 10.3. The third kappa shape index (κ3) is 2.88. The summed E-state index contributed by atoms with van der Waals surface area (Å²) < 4.78 is 1.11. The summed E-state index contributed by atoms with van der Waals surface area (Å²) in [5, 5.41) is 12.4. The summed E-state index contributed by atoms with van der Waals surface area (Å²) >= 11 is 5.11. The molecule has 2 rings (SSSR count). The van der Waals surface area contributed by atoms with Crippen LogP contribution >= 0.6 is 27.3 Å². The standard InChI is InChI=1S/C13H19BrOS/c1-2-9-3-5-10(6-4-9)13(15)11-7-12(14)16-8-11/h7-10,13,15H,2-6H2,1H3. The molecule has 1 N–H and O–H groups in total. The molecule has 1 atom stereocenters. The molecule has 1 aliphatic carbocycles. The number of halogens is 1. The van der Waals surface area contributed by atoms with E-state index in [2.05, 4.69) is 34.3 Å². The van der Waals surface area contributed by atoms with Crippen LogP contribution in [0.15, 0.2) is 15.2 Å². The Balaban J connectivity index is 1.93. The zero-order chi connectivity index (χ0) is 11.5. The van der Waals surface area contributed by atoms with E-state index in [9.17, 15) is 5.11 Å². The van der Waals surface area contributed by atoms with Gasteiger partial charge in [0.2, 0.25) is 0 Å². The van der Waals surface area contributed by atoms with E-state index in [4.69, 9.17) is 0 Å². The first-order valence-electron chi connectivity index (χ1n) is 6.12. The van der Waals surface area contributed by atoms with Crippen LogP contribution in [0, 0.1) is 11.8 Å². The molecule has 1 heterocycles. The number of aliphatic hydroxyl groups is 1. The second-order valence-electron chi connectivity index (χ2n) is 4.82. The molecule has 1 aliphatic rings. The van der Waals surface area contributed by atoms with E-state index in [1.54, 1.807) is 11.3 Å². The van der Waals surface area contributed by atoms with Gasteiger partial charge in [-0.1, -0.05) is 26.2 Å². The number of aliphatic hydroxyl groups excluding tert-OH is 1. The summed E-state index contributed by atoms with van der Waals surface area (Å²) in [7, 11) is 0. The van der Waals surface area contributed by atoms with Crippen molar-refractivity contribution in [2.75, 3.05) is 0 Å². The molecule has 1 aromatic rings. The molecule has 0 aliphatic heterocycles. The van der Waals surface area contributed by atoms with Gasteiger partial charge in [0.25, 0.3) is 0 Å². The molecule has 16 heavy (non-hydrogen) atoms.